The molecule has 0 bridgehead atoms. The maximum absolute atomic E-state index is 13.0. The van der Waals surface area contributed by atoms with E-state index in [1.54, 1.807) is 11.0 Å². The predicted molar refractivity (Wildman–Crippen MR) is 132 cm³/mol. The first kappa shape index (κ1) is 24.7. The lowest BCUT2D eigenvalue weighted by Gasteiger charge is -2.16. The lowest BCUT2D eigenvalue weighted by atomic mass is 10.1. The van der Waals surface area contributed by atoms with Gasteiger partial charge in [-0.3, -0.25) is 14.4 Å². The molecule has 0 aliphatic carbocycles. The second kappa shape index (κ2) is 10.9. The van der Waals surface area contributed by atoms with Gasteiger partial charge in [0, 0.05) is 24.7 Å². The minimum Gasteiger partial charge on any atom is -0.352 e. The van der Waals surface area contributed by atoms with Crippen LogP contribution in [0.5, 0.6) is 0 Å². The first-order valence-corrected chi connectivity index (χ1v) is 11.9. The monoisotopic (exact) mass is 515 g/mol. The highest BCUT2D eigenvalue weighted by Crippen LogP contribution is 2.19. The number of nitrogens with one attached hydrogen (secondary N) is 1. The van der Waals surface area contributed by atoms with Crippen molar-refractivity contribution in [3.63, 3.8) is 0 Å². The summed E-state index contributed by atoms with van der Waals surface area (Å²) in [6, 6.07) is 11.8. The number of likely N-dealkylation sites (tertiary alicyclic amines) is 1. The fourth-order valence-electron chi connectivity index (χ4n) is 3.89. The number of benzene rings is 2. The van der Waals surface area contributed by atoms with Crippen LogP contribution in [0.2, 0.25) is 10.0 Å². The number of hydrogen-bond donors (Lipinski definition) is 1. The van der Waals surface area contributed by atoms with Crippen molar-refractivity contribution in [3.8, 4) is 5.69 Å². The molecule has 3 aromatic rings. The van der Waals surface area contributed by atoms with Gasteiger partial charge in [0.05, 0.1) is 16.3 Å². The summed E-state index contributed by atoms with van der Waals surface area (Å²) in [6.45, 7) is 1.17. The van der Waals surface area contributed by atoms with Crippen LogP contribution in [0.25, 0.3) is 5.69 Å². The van der Waals surface area contributed by atoms with Crippen molar-refractivity contribution in [2.75, 3.05) is 19.6 Å². The second-order valence-electron chi connectivity index (χ2n) is 8.11. The Hall–Kier alpha value is -3.43. The van der Waals surface area contributed by atoms with Gasteiger partial charge in [-0.1, -0.05) is 41.4 Å². The zero-order chi connectivity index (χ0) is 24.9. The smallest absolute Gasteiger partial charge is 0.352 e. The molecule has 0 unspecified atom stereocenters. The molecule has 4 rings (SSSR count). The molecule has 182 valence electrons. The molecule has 2 amide bonds. The Morgan fingerprint density at radius 3 is 2.49 bits per heavy atom. The van der Waals surface area contributed by atoms with E-state index in [-0.39, 0.29) is 28.7 Å². The van der Waals surface area contributed by atoms with Crippen molar-refractivity contribution in [1.29, 1.82) is 0 Å². The van der Waals surface area contributed by atoms with Gasteiger partial charge in [0.25, 0.3) is 11.5 Å². The molecule has 0 atom stereocenters. The van der Waals surface area contributed by atoms with Crippen LogP contribution in [-0.4, -0.2) is 50.7 Å². The number of hydrogen-bond acceptors (Lipinski definition) is 5. The van der Waals surface area contributed by atoms with E-state index in [2.05, 4.69) is 10.4 Å². The number of amides is 2. The van der Waals surface area contributed by atoms with Gasteiger partial charge in [0.15, 0.2) is 0 Å². The molecule has 9 nitrogen and oxygen atoms in total. The van der Waals surface area contributed by atoms with Crippen LogP contribution >= 0.6 is 23.2 Å². The summed E-state index contributed by atoms with van der Waals surface area (Å²) in [5, 5.41) is 7.51. The summed E-state index contributed by atoms with van der Waals surface area (Å²) in [6.07, 6.45) is 3.29. The van der Waals surface area contributed by atoms with Crippen molar-refractivity contribution in [2.24, 2.45) is 0 Å². The lowest BCUT2D eigenvalue weighted by Crippen LogP contribution is -2.44. The Bertz CT molecular complexity index is 1380. The Labute approximate surface area is 210 Å². The van der Waals surface area contributed by atoms with Crippen molar-refractivity contribution in [2.45, 2.75) is 25.8 Å². The second-order valence-corrected chi connectivity index (χ2v) is 8.93. The number of carbonyl (C=O) groups excluding carboxylic acids is 2. The van der Waals surface area contributed by atoms with E-state index < -0.39 is 17.2 Å². The molecule has 1 aromatic heterocycles. The minimum atomic E-state index is -0.780. The SMILES string of the molecule is O=C(NCCc1ccccc1Cl)c1cc(-n2ncc(=O)n(CC(=O)N3CCCC3)c2=O)ccc1Cl. The van der Waals surface area contributed by atoms with E-state index in [0.717, 1.165) is 33.9 Å². The van der Waals surface area contributed by atoms with Crippen molar-refractivity contribution < 1.29 is 9.59 Å². The fourth-order valence-corrected chi connectivity index (χ4v) is 4.32. The highest BCUT2D eigenvalue weighted by molar-refractivity contribution is 6.34. The third kappa shape index (κ3) is 5.63. The van der Waals surface area contributed by atoms with Gasteiger partial charge in [-0.05, 0) is 49.1 Å². The largest absolute Gasteiger partial charge is 0.352 e. The van der Waals surface area contributed by atoms with Crippen LogP contribution in [-0.2, 0) is 17.8 Å². The van der Waals surface area contributed by atoms with Gasteiger partial charge in [0.2, 0.25) is 5.91 Å². The molecule has 1 aliphatic heterocycles. The summed E-state index contributed by atoms with van der Waals surface area (Å²) in [5.41, 5.74) is -0.181. The maximum Gasteiger partial charge on any atom is 0.352 e. The van der Waals surface area contributed by atoms with Gasteiger partial charge in [0.1, 0.15) is 12.7 Å². The van der Waals surface area contributed by atoms with Crippen LogP contribution in [0.3, 0.4) is 0 Å². The minimum absolute atomic E-state index is 0.142. The number of aromatic nitrogens is 3. The number of carbonyl (C=O) groups is 2. The highest BCUT2D eigenvalue weighted by atomic mass is 35.5. The van der Waals surface area contributed by atoms with E-state index in [9.17, 15) is 19.2 Å². The van der Waals surface area contributed by atoms with Crippen LogP contribution in [0.1, 0.15) is 28.8 Å². The van der Waals surface area contributed by atoms with Gasteiger partial charge >= 0.3 is 5.69 Å². The van der Waals surface area contributed by atoms with Crippen LogP contribution in [0.4, 0.5) is 0 Å². The predicted octanol–water partition coefficient (Wildman–Crippen LogP) is 2.30. The van der Waals surface area contributed by atoms with E-state index in [0.29, 0.717) is 31.1 Å². The van der Waals surface area contributed by atoms with E-state index in [1.807, 2.05) is 18.2 Å². The Kier molecular flexibility index (Phi) is 7.67. The highest BCUT2D eigenvalue weighted by Gasteiger charge is 2.21. The number of rotatable bonds is 7. The summed E-state index contributed by atoms with van der Waals surface area (Å²) in [5.74, 6) is -0.733. The molecule has 11 heteroatoms. The summed E-state index contributed by atoms with van der Waals surface area (Å²) < 4.78 is 1.81. The average molecular weight is 516 g/mol. The zero-order valence-electron chi connectivity index (χ0n) is 18.7. The van der Waals surface area contributed by atoms with Crippen molar-refractivity contribution in [1.82, 2.24) is 24.6 Å². The van der Waals surface area contributed by atoms with E-state index >= 15 is 0 Å². The van der Waals surface area contributed by atoms with Gasteiger partial charge in [-0.25, -0.2) is 9.36 Å². The zero-order valence-corrected chi connectivity index (χ0v) is 20.3. The first-order chi connectivity index (χ1) is 16.8. The molecule has 1 fully saturated rings. The third-order valence-corrected chi connectivity index (χ3v) is 6.49. The standard InChI is InChI=1S/C24H23Cl2N5O4/c25-19-6-2-1-5-16(19)9-10-27-23(34)18-13-17(7-8-20(18)26)31-24(35)30(21(32)14-28-31)15-22(33)29-11-3-4-12-29/h1-2,5-8,13-14H,3-4,9-12,15H2,(H,27,34). The van der Waals surface area contributed by atoms with Crippen molar-refractivity contribution >= 4 is 35.0 Å². The molecule has 0 spiro atoms. The molecule has 1 N–H and O–H groups in total. The molecule has 1 saturated heterocycles. The molecule has 35 heavy (non-hydrogen) atoms. The third-order valence-electron chi connectivity index (χ3n) is 5.79. The van der Waals surface area contributed by atoms with E-state index in [4.69, 9.17) is 23.2 Å². The topological polar surface area (TPSA) is 106 Å². The number of nitrogens with zero attached hydrogens (tertiary/aromatic N) is 4. The fraction of sp³-hybridized carbons (Fsp3) is 0.292. The normalized spacial score (nSPS) is 13.1. The van der Waals surface area contributed by atoms with Gasteiger partial charge in [-0.15, -0.1) is 0 Å². The summed E-state index contributed by atoms with van der Waals surface area (Å²) in [7, 11) is 0. The average Bonchev–Trinajstić information content (AvgIpc) is 3.39. The molecular formula is C24H23Cl2N5O4. The molecule has 2 heterocycles. The first-order valence-electron chi connectivity index (χ1n) is 11.1. The van der Waals surface area contributed by atoms with Gasteiger partial charge < -0.3 is 10.2 Å². The van der Waals surface area contributed by atoms with Crippen LogP contribution in [0, 0.1) is 0 Å². The Morgan fingerprint density at radius 2 is 1.74 bits per heavy atom. The summed E-state index contributed by atoms with van der Waals surface area (Å²) >= 11 is 12.4. The lowest BCUT2D eigenvalue weighted by molar-refractivity contribution is -0.130. The molecule has 1 aliphatic rings. The summed E-state index contributed by atoms with van der Waals surface area (Å²) in [4.78, 5) is 52.2. The number of halogens is 2. The molecule has 0 saturated carbocycles. The Morgan fingerprint density at radius 1 is 1.00 bits per heavy atom. The van der Waals surface area contributed by atoms with Gasteiger partial charge in [-0.2, -0.15) is 9.78 Å². The molecule has 0 radical (unpaired) electrons. The Balaban J connectivity index is 1.54. The van der Waals surface area contributed by atoms with Crippen LogP contribution in [0.15, 0.2) is 58.3 Å². The quantitative estimate of drug-likeness (QED) is 0.519. The maximum atomic E-state index is 13.0. The van der Waals surface area contributed by atoms with Crippen LogP contribution < -0.4 is 16.6 Å². The molecule has 2 aromatic carbocycles. The van der Waals surface area contributed by atoms with Crippen molar-refractivity contribution in [3.05, 3.63) is 90.7 Å². The molecular weight excluding hydrogens is 493 g/mol. The van der Waals surface area contributed by atoms with E-state index in [1.165, 1.54) is 18.2 Å².